The van der Waals surface area contributed by atoms with Gasteiger partial charge in [0, 0.05) is 11.1 Å². The average Bonchev–Trinajstić information content (AvgIpc) is 2.68. The monoisotopic (exact) mass is 312 g/mol. The van der Waals surface area contributed by atoms with Crippen molar-refractivity contribution in [2.75, 3.05) is 5.73 Å². The molecule has 0 spiro atoms. The molecular weight excluding hydrogens is 296 g/mol. The Labute approximate surface area is 122 Å². The number of aryl methyl sites for hydroxylation is 2. The summed E-state index contributed by atoms with van der Waals surface area (Å²) in [5.41, 5.74) is 6.45. The Morgan fingerprint density at radius 2 is 2.10 bits per heavy atom. The van der Waals surface area contributed by atoms with Crippen molar-refractivity contribution in [1.82, 2.24) is 14.7 Å². The van der Waals surface area contributed by atoms with Gasteiger partial charge in [-0.05, 0) is 32.9 Å². The van der Waals surface area contributed by atoms with Gasteiger partial charge in [0.1, 0.15) is 10.7 Å². The highest BCUT2D eigenvalue weighted by molar-refractivity contribution is 7.89. The maximum atomic E-state index is 12.3. The number of hydrogen-bond acceptors (Lipinski definition) is 6. The second-order valence-electron chi connectivity index (χ2n) is 4.41. The van der Waals surface area contributed by atoms with E-state index in [4.69, 9.17) is 5.73 Å². The first-order valence-electron chi connectivity index (χ1n) is 5.98. The summed E-state index contributed by atoms with van der Waals surface area (Å²) in [6, 6.07) is 2.60. The van der Waals surface area contributed by atoms with Gasteiger partial charge in [-0.15, -0.1) is 11.3 Å². The fourth-order valence-electron chi connectivity index (χ4n) is 1.93. The summed E-state index contributed by atoms with van der Waals surface area (Å²) in [6.07, 6.45) is 1.45. The van der Waals surface area contributed by atoms with E-state index < -0.39 is 10.0 Å². The zero-order valence-electron chi connectivity index (χ0n) is 11.4. The molecule has 1 unspecified atom stereocenters. The molecule has 2 heterocycles. The van der Waals surface area contributed by atoms with Crippen molar-refractivity contribution in [2.24, 2.45) is 0 Å². The van der Waals surface area contributed by atoms with Crippen molar-refractivity contribution in [3.8, 4) is 0 Å². The van der Waals surface area contributed by atoms with Crippen LogP contribution in [0.25, 0.3) is 0 Å². The fourth-order valence-corrected chi connectivity index (χ4v) is 4.23. The zero-order valence-corrected chi connectivity index (χ0v) is 13.0. The highest BCUT2D eigenvalue weighted by Crippen LogP contribution is 2.26. The van der Waals surface area contributed by atoms with Crippen LogP contribution < -0.4 is 10.5 Å². The van der Waals surface area contributed by atoms with Gasteiger partial charge in [-0.2, -0.15) is 0 Å². The molecule has 6 nitrogen and oxygen atoms in total. The molecule has 0 amide bonds. The molecule has 1 atom stereocenters. The van der Waals surface area contributed by atoms with Gasteiger partial charge < -0.3 is 5.73 Å². The molecule has 108 valence electrons. The van der Waals surface area contributed by atoms with Crippen LogP contribution in [-0.4, -0.2) is 18.4 Å². The van der Waals surface area contributed by atoms with E-state index in [-0.39, 0.29) is 16.8 Å². The second-order valence-corrected chi connectivity index (χ2v) is 7.33. The molecule has 2 aromatic rings. The molecule has 0 bridgehead atoms. The third-order valence-electron chi connectivity index (χ3n) is 2.75. The molecule has 0 saturated carbocycles. The van der Waals surface area contributed by atoms with Crippen LogP contribution in [0.3, 0.4) is 0 Å². The van der Waals surface area contributed by atoms with Crippen molar-refractivity contribution in [3.63, 3.8) is 0 Å². The van der Waals surface area contributed by atoms with Gasteiger partial charge in [0.2, 0.25) is 10.0 Å². The Hall–Kier alpha value is -1.51. The average molecular weight is 312 g/mol. The number of nitrogens with zero attached hydrogens (tertiary/aromatic N) is 2. The number of aromatic nitrogens is 2. The molecule has 20 heavy (non-hydrogen) atoms. The van der Waals surface area contributed by atoms with Gasteiger partial charge >= 0.3 is 0 Å². The van der Waals surface area contributed by atoms with Gasteiger partial charge in [0.25, 0.3) is 0 Å². The summed E-state index contributed by atoms with van der Waals surface area (Å²) in [7, 11) is -3.70. The smallest absolute Gasteiger partial charge is 0.244 e. The molecule has 3 N–H and O–H groups in total. The minimum atomic E-state index is -3.70. The standard InChI is InChI=1S/C12H16N4O2S2/c1-7-11(19-9(3)15-7)8(2)16-20(17,18)10-5-4-6-14-12(10)13/h4-6,8,16H,1-3H3,(H2,13,14). The Kier molecular flexibility index (Phi) is 4.07. The molecular formula is C12H16N4O2S2. The van der Waals surface area contributed by atoms with Gasteiger partial charge in [-0.1, -0.05) is 0 Å². The first-order valence-corrected chi connectivity index (χ1v) is 8.28. The summed E-state index contributed by atoms with van der Waals surface area (Å²) in [5.74, 6) is -0.00981. The van der Waals surface area contributed by atoms with E-state index in [1.54, 1.807) is 6.92 Å². The lowest BCUT2D eigenvalue weighted by atomic mass is 10.2. The van der Waals surface area contributed by atoms with E-state index in [2.05, 4.69) is 14.7 Å². The van der Waals surface area contributed by atoms with Crippen molar-refractivity contribution in [2.45, 2.75) is 31.7 Å². The molecule has 0 aliphatic rings. The first-order chi connectivity index (χ1) is 9.31. The van der Waals surface area contributed by atoms with Gasteiger partial charge in [0.05, 0.1) is 16.7 Å². The van der Waals surface area contributed by atoms with Crippen LogP contribution >= 0.6 is 11.3 Å². The maximum absolute atomic E-state index is 12.3. The van der Waals surface area contributed by atoms with Gasteiger partial charge in [-0.25, -0.2) is 23.1 Å². The molecule has 0 aliphatic carbocycles. The van der Waals surface area contributed by atoms with E-state index in [9.17, 15) is 8.42 Å². The lowest BCUT2D eigenvalue weighted by molar-refractivity contribution is 0.568. The number of sulfonamides is 1. The Morgan fingerprint density at radius 1 is 1.40 bits per heavy atom. The van der Waals surface area contributed by atoms with Gasteiger partial charge in [0.15, 0.2) is 0 Å². The summed E-state index contributed by atoms with van der Waals surface area (Å²) >= 11 is 1.48. The number of nitrogen functional groups attached to an aromatic ring is 1. The summed E-state index contributed by atoms with van der Waals surface area (Å²) in [5, 5.41) is 0.907. The van der Waals surface area contributed by atoms with E-state index in [1.807, 2.05) is 13.8 Å². The van der Waals surface area contributed by atoms with Crippen LogP contribution in [0.1, 0.15) is 28.5 Å². The molecule has 8 heteroatoms. The minimum Gasteiger partial charge on any atom is -0.383 e. The largest absolute Gasteiger partial charge is 0.383 e. The van der Waals surface area contributed by atoms with E-state index in [0.29, 0.717) is 0 Å². The third kappa shape index (κ3) is 2.97. The van der Waals surface area contributed by atoms with E-state index in [1.165, 1.54) is 29.7 Å². The molecule has 0 fully saturated rings. The fraction of sp³-hybridized carbons (Fsp3) is 0.333. The van der Waals surface area contributed by atoms with Crippen molar-refractivity contribution in [3.05, 3.63) is 33.9 Å². The van der Waals surface area contributed by atoms with Crippen LogP contribution in [0.15, 0.2) is 23.2 Å². The van der Waals surface area contributed by atoms with Crippen LogP contribution in [0.4, 0.5) is 5.82 Å². The van der Waals surface area contributed by atoms with Crippen LogP contribution in [0.2, 0.25) is 0 Å². The topological polar surface area (TPSA) is 98.0 Å². The molecule has 2 aromatic heterocycles. The Balaban J connectivity index is 2.29. The number of nitrogens with two attached hydrogens (primary N) is 1. The minimum absolute atomic E-state index is 0.00857. The predicted molar refractivity (Wildman–Crippen MR) is 79.0 cm³/mol. The second kappa shape index (κ2) is 5.47. The molecule has 0 radical (unpaired) electrons. The first kappa shape index (κ1) is 14.9. The Morgan fingerprint density at radius 3 is 2.65 bits per heavy atom. The summed E-state index contributed by atoms with van der Waals surface area (Å²) in [4.78, 5) is 8.98. The number of thiazole rings is 1. The van der Waals surface area contributed by atoms with Crippen LogP contribution in [-0.2, 0) is 10.0 Å². The van der Waals surface area contributed by atoms with Gasteiger partial charge in [-0.3, -0.25) is 0 Å². The van der Waals surface area contributed by atoms with E-state index >= 15 is 0 Å². The maximum Gasteiger partial charge on any atom is 0.244 e. The molecule has 0 aliphatic heterocycles. The number of nitrogens with one attached hydrogen (secondary N) is 1. The lowest BCUT2D eigenvalue weighted by Gasteiger charge is -2.14. The van der Waals surface area contributed by atoms with Crippen molar-refractivity contribution >= 4 is 27.2 Å². The number of anilines is 1. The third-order valence-corrected chi connectivity index (χ3v) is 5.60. The highest BCUT2D eigenvalue weighted by Gasteiger charge is 2.23. The number of rotatable bonds is 4. The lowest BCUT2D eigenvalue weighted by Crippen LogP contribution is -2.27. The molecule has 2 rings (SSSR count). The quantitative estimate of drug-likeness (QED) is 0.896. The zero-order chi connectivity index (χ0) is 14.9. The number of pyridine rings is 1. The van der Waals surface area contributed by atoms with Crippen molar-refractivity contribution < 1.29 is 8.42 Å². The summed E-state index contributed by atoms with van der Waals surface area (Å²) < 4.78 is 27.2. The van der Waals surface area contributed by atoms with Crippen LogP contribution in [0, 0.1) is 13.8 Å². The van der Waals surface area contributed by atoms with Crippen LogP contribution in [0.5, 0.6) is 0 Å². The SMILES string of the molecule is Cc1nc(C)c(C(C)NS(=O)(=O)c2cccnc2N)s1. The highest BCUT2D eigenvalue weighted by atomic mass is 32.2. The number of hydrogen-bond donors (Lipinski definition) is 2. The summed E-state index contributed by atoms with van der Waals surface area (Å²) in [6.45, 7) is 5.54. The molecule has 0 saturated heterocycles. The Bertz CT molecular complexity index is 725. The predicted octanol–water partition coefficient (Wildman–Crippen LogP) is 1.78. The molecule has 0 aromatic carbocycles. The van der Waals surface area contributed by atoms with Crippen molar-refractivity contribution in [1.29, 1.82) is 0 Å². The van der Waals surface area contributed by atoms with E-state index in [0.717, 1.165) is 15.6 Å². The normalized spacial score (nSPS) is 13.3.